The highest BCUT2D eigenvalue weighted by Gasteiger charge is 2.30. The van der Waals surface area contributed by atoms with Gasteiger partial charge in [-0.2, -0.15) is 18.3 Å². The number of nitrogens with one attached hydrogen (secondary N) is 2. The van der Waals surface area contributed by atoms with Crippen molar-refractivity contribution in [1.29, 1.82) is 0 Å². The van der Waals surface area contributed by atoms with Gasteiger partial charge in [0.1, 0.15) is 0 Å². The van der Waals surface area contributed by atoms with Crippen molar-refractivity contribution in [3.63, 3.8) is 0 Å². The molecule has 9 heteroatoms. The van der Waals surface area contributed by atoms with Crippen molar-refractivity contribution in [3.05, 3.63) is 81.6 Å². The topological polar surface area (TPSA) is 58.4 Å². The molecule has 0 aliphatic heterocycles. The summed E-state index contributed by atoms with van der Waals surface area (Å²) < 4.78 is 41.3. The summed E-state index contributed by atoms with van der Waals surface area (Å²) in [5.41, 5.74) is 5.62. The molecule has 0 aliphatic rings. The van der Waals surface area contributed by atoms with Gasteiger partial charge < -0.3 is 9.88 Å². The second kappa shape index (κ2) is 9.38. The molecule has 3 aromatic rings. The lowest BCUT2D eigenvalue weighted by Gasteiger charge is -2.10. The van der Waals surface area contributed by atoms with Gasteiger partial charge in [0, 0.05) is 32.8 Å². The highest BCUT2D eigenvalue weighted by atomic mass is 79.9. The fraction of sp³-hybridized carbons (Fsp3) is 0.182. The van der Waals surface area contributed by atoms with Crippen LogP contribution in [-0.2, 0) is 11.0 Å². The van der Waals surface area contributed by atoms with Gasteiger partial charge in [-0.05, 0) is 62.4 Å². The summed E-state index contributed by atoms with van der Waals surface area (Å²) in [7, 11) is 0. The van der Waals surface area contributed by atoms with E-state index < -0.39 is 17.6 Å². The quantitative estimate of drug-likeness (QED) is 0.355. The number of carbonyl (C=O) groups excluding carboxylic acids is 1. The number of halogens is 4. The summed E-state index contributed by atoms with van der Waals surface area (Å²) in [4.78, 5) is 12.0. The van der Waals surface area contributed by atoms with Crippen LogP contribution in [0.5, 0.6) is 0 Å². The van der Waals surface area contributed by atoms with Gasteiger partial charge in [-0.15, -0.1) is 0 Å². The van der Waals surface area contributed by atoms with Crippen molar-refractivity contribution in [2.75, 3.05) is 11.9 Å². The molecule has 1 amide bonds. The van der Waals surface area contributed by atoms with E-state index in [1.54, 1.807) is 6.21 Å². The van der Waals surface area contributed by atoms with Crippen LogP contribution >= 0.6 is 15.9 Å². The lowest BCUT2D eigenvalue weighted by atomic mass is 10.2. The zero-order valence-corrected chi connectivity index (χ0v) is 18.4. The van der Waals surface area contributed by atoms with Crippen molar-refractivity contribution in [3.8, 4) is 5.69 Å². The normalized spacial score (nSPS) is 11.7. The van der Waals surface area contributed by atoms with Gasteiger partial charge in [0.05, 0.1) is 18.3 Å². The molecule has 0 saturated carbocycles. The molecule has 0 aliphatic carbocycles. The Balaban J connectivity index is 1.60. The van der Waals surface area contributed by atoms with E-state index in [0.29, 0.717) is 0 Å². The van der Waals surface area contributed by atoms with E-state index in [2.05, 4.69) is 36.3 Å². The van der Waals surface area contributed by atoms with E-state index in [1.807, 2.05) is 44.2 Å². The summed E-state index contributed by atoms with van der Waals surface area (Å²) in [6.45, 7) is 3.72. The monoisotopic (exact) mass is 492 g/mol. The Morgan fingerprint density at radius 3 is 2.52 bits per heavy atom. The SMILES string of the molecule is Cc1cc(/C=N\NC(=O)CNc2cccc(C(F)(F)F)c2)c(C)n1-c1ccc(Br)cc1. The van der Waals surface area contributed by atoms with E-state index in [4.69, 9.17) is 0 Å². The number of hydrogen-bond donors (Lipinski definition) is 2. The lowest BCUT2D eigenvalue weighted by Crippen LogP contribution is -2.26. The molecule has 0 atom stereocenters. The number of aromatic nitrogens is 1. The average Bonchev–Trinajstić information content (AvgIpc) is 3.00. The van der Waals surface area contributed by atoms with Crippen LogP contribution in [0.1, 0.15) is 22.5 Å². The molecule has 1 heterocycles. The number of benzene rings is 2. The summed E-state index contributed by atoms with van der Waals surface area (Å²) in [5.74, 6) is -0.477. The molecule has 2 aromatic carbocycles. The minimum Gasteiger partial charge on any atom is -0.376 e. The van der Waals surface area contributed by atoms with E-state index in [0.717, 1.165) is 39.2 Å². The smallest absolute Gasteiger partial charge is 0.376 e. The second-order valence-electron chi connectivity index (χ2n) is 6.86. The molecule has 0 bridgehead atoms. The summed E-state index contributed by atoms with van der Waals surface area (Å²) in [6, 6.07) is 14.5. The van der Waals surface area contributed by atoms with Crippen LogP contribution in [0.15, 0.2) is 64.2 Å². The van der Waals surface area contributed by atoms with Crippen molar-refractivity contribution in [2.45, 2.75) is 20.0 Å². The number of amides is 1. The first-order chi connectivity index (χ1) is 14.6. The number of rotatable bonds is 6. The lowest BCUT2D eigenvalue weighted by molar-refractivity contribution is -0.137. The Morgan fingerprint density at radius 1 is 1.13 bits per heavy atom. The van der Waals surface area contributed by atoms with Gasteiger partial charge in [-0.1, -0.05) is 22.0 Å². The van der Waals surface area contributed by atoms with E-state index in [-0.39, 0.29) is 12.2 Å². The molecule has 162 valence electrons. The molecular formula is C22H20BrF3N4O. The van der Waals surface area contributed by atoms with Crippen LogP contribution in [0.25, 0.3) is 5.69 Å². The average molecular weight is 493 g/mol. The number of carbonyl (C=O) groups is 1. The van der Waals surface area contributed by atoms with Crippen LogP contribution in [0, 0.1) is 13.8 Å². The van der Waals surface area contributed by atoms with E-state index in [1.165, 1.54) is 12.1 Å². The molecule has 0 fully saturated rings. The third-order valence-electron chi connectivity index (χ3n) is 4.59. The van der Waals surface area contributed by atoms with Gasteiger partial charge in [0.15, 0.2) is 0 Å². The molecule has 1 aromatic heterocycles. The maximum absolute atomic E-state index is 12.8. The van der Waals surface area contributed by atoms with Crippen molar-refractivity contribution < 1.29 is 18.0 Å². The summed E-state index contributed by atoms with van der Waals surface area (Å²) in [5, 5.41) is 6.63. The van der Waals surface area contributed by atoms with Crippen molar-refractivity contribution in [2.24, 2.45) is 5.10 Å². The van der Waals surface area contributed by atoms with Gasteiger partial charge in [0.25, 0.3) is 5.91 Å². The largest absolute Gasteiger partial charge is 0.416 e. The fourth-order valence-electron chi connectivity index (χ4n) is 3.11. The first kappa shape index (κ1) is 22.6. The summed E-state index contributed by atoms with van der Waals surface area (Å²) in [6.07, 6.45) is -2.90. The molecule has 5 nitrogen and oxygen atoms in total. The molecule has 0 saturated heterocycles. The molecular weight excluding hydrogens is 473 g/mol. The predicted molar refractivity (Wildman–Crippen MR) is 119 cm³/mol. The number of hydrazone groups is 1. The standard InChI is InChI=1S/C22H20BrF3N4O/c1-14-10-16(15(2)30(14)20-8-6-18(23)7-9-20)12-28-29-21(31)13-27-19-5-3-4-17(11-19)22(24,25)26/h3-12,27H,13H2,1-2H3,(H,29,31)/b28-12-. The van der Waals surface area contributed by atoms with Crippen LogP contribution in [-0.4, -0.2) is 23.2 Å². The minimum atomic E-state index is -4.44. The number of anilines is 1. The fourth-order valence-corrected chi connectivity index (χ4v) is 3.37. The first-order valence-corrected chi connectivity index (χ1v) is 10.1. The number of alkyl halides is 3. The number of nitrogens with zero attached hydrogens (tertiary/aromatic N) is 2. The number of hydrogen-bond acceptors (Lipinski definition) is 3. The number of aryl methyl sites for hydroxylation is 1. The molecule has 0 spiro atoms. The Morgan fingerprint density at radius 2 is 1.84 bits per heavy atom. The Labute approximate surface area is 186 Å². The van der Waals surface area contributed by atoms with Crippen LogP contribution in [0.2, 0.25) is 0 Å². The molecule has 0 radical (unpaired) electrons. The highest BCUT2D eigenvalue weighted by molar-refractivity contribution is 9.10. The molecule has 0 unspecified atom stereocenters. The summed E-state index contributed by atoms with van der Waals surface area (Å²) >= 11 is 3.42. The molecule has 3 rings (SSSR count). The minimum absolute atomic E-state index is 0.201. The highest BCUT2D eigenvalue weighted by Crippen LogP contribution is 2.30. The van der Waals surface area contributed by atoms with Gasteiger partial charge in [-0.3, -0.25) is 4.79 Å². The second-order valence-corrected chi connectivity index (χ2v) is 7.78. The van der Waals surface area contributed by atoms with Crippen LogP contribution in [0.3, 0.4) is 0 Å². The third-order valence-corrected chi connectivity index (χ3v) is 5.12. The Kier molecular flexibility index (Phi) is 6.84. The Hall–Kier alpha value is -3.07. The van der Waals surface area contributed by atoms with Crippen molar-refractivity contribution >= 4 is 33.7 Å². The van der Waals surface area contributed by atoms with E-state index >= 15 is 0 Å². The Bertz CT molecular complexity index is 1100. The van der Waals surface area contributed by atoms with E-state index in [9.17, 15) is 18.0 Å². The van der Waals surface area contributed by atoms with Gasteiger partial charge in [0.2, 0.25) is 0 Å². The maximum atomic E-state index is 12.8. The third kappa shape index (κ3) is 5.75. The van der Waals surface area contributed by atoms with Gasteiger partial charge >= 0.3 is 6.18 Å². The zero-order chi connectivity index (χ0) is 22.6. The predicted octanol–water partition coefficient (Wildman–Crippen LogP) is 5.44. The zero-order valence-electron chi connectivity index (χ0n) is 16.8. The van der Waals surface area contributed by atoms with Crippen molar-refractivity contribution in [1.82, 2.24) is 9.99 Å². The first-order valence-electron chi connectivity index (χ1n) is 9.33. The van der Waals surface area contributed by atoms with Crippen LogP contribution < -0.4 is 10.7 Å². The molecule has 31 heavy (non-hydrogen) atoms. The molecule has 2 N–H and O–H groups in total. The maximum Gasteiger partial charge on any atom is 0.416 e. The van der Waals surface area contributed by atoms with Gasteiger partial charge in [-0.25, -0.2) is 5.43 Å². The van der Waals surface area contributed by atoms with Crippen LogP contribution in [0.4, 0.5) is 18.9 Å².